The SMILES string of the molecule is Cc1ncc(C(=O)NCc2ccccc2)c(C2CCCCN2C(=O)Cc2cccc(F)c2)n1. The molecule has 1 aliphatic rings. The number of amides is 2. The van der Waals surface area contributed by atoms with Crippen LogP contribution < -0.4 is 5.32 Å². The molecule has 2 heterocycles. The number of nitrogens with zero attached hydrogens (tertiary/aromatic N) is 3. The minimum absolute atomic E-state index is 0.0998. The van der Waals surface area contributed by atoms with E-state index in [-0.39, 0.29) is 30.1 Å². The Morgan fingerprint density at radius 1 is 1.09 bits per heavy atom. The van der Waals surface area contributed by atoms with Crippen molar-refractivity contribution in [2.24, 2.45) is 0 Å². The fourth-order valence-corrected chi connectivity index (χ4v) is 4.23. The molecule has 4 rings (SSSR count). The summed E-state index contributed by atoms with van der Waals surface area (Å²) in [4.78, 5) is 36.9. The maximum Gasteiger partial charge on any atom is 0.255 e. The Hall–Kier alpha value is -3.61. The summed E-state index contributed by atoms with van der Waals surface area (Å²) >= 11 is 0. The Morgan fingerprint density at radius 3 is 2.67 bits per heavy atom. The second-order valence-corrected chi connectivity index (χ2v) is 8.29. The number of carbonyl (C=O) groups excluding carboxylic acids is 2. The van der Waals surface area contributed by atoms with Gasteiger partial charge in [0.25, 0.3) is 5.91 Å². The highest BCUT2D eigenvalue weighted by Crippen LogP contribution is 2.32. The zero-order valence-electron chi connectivity index (χ0n) is 18.6. The number of benzene rings is 2. The number of aryl methyl sites for hydroxylation is 1. The third-order valence-electron chi connectivity index (χ3n) is 5.86. The van der Waals surface area contributed by atoms with E-state index in [0.717, 1.165) is 18.4 Å². The van der Waals surface area contributed by atoms with E-state index in [1.807, 2.05) is 30.3 Å². The summed E-state index contributed by atoms with van der Waals surface area (Å²) in [5.41, 5.74) is 2.57. The summed E-state index contributed by atoms with van der Waals surface area (Å²) in [6, 6.07) is 15.4. The van der Waals surface area contributed by atoms with Gasteiger partial charge < -0.3 is 10.2 Å². The quantitative estimate of drug-likeness (QED) is 0.617. The van der Waals surface area contributed by atoms with Crippen molar-refractivity contribution in [3.8, 4) is 0 Å². The minimum atomic E-state index is -0.362. The molecule has 1 saturated heterocycles. The number of hydrogen-bond acceptors (Lipinski definition) is 4. The van der Waals surface area contributed by atoms with E-state index in [1.165, 1.54) is 12.1 Å². The van der Waals surface area contributed by atoms with E-state index in [9.17, 15) is 14.0 Å². The molecule has 0 radical (unpaired) electrons. The Balaban J connectivity index is 1.57. The number of carbonyl (C=O) groups is 2. The molecule has 1 unspecified atom stereocenters. The summed E-state index contributed by atoms with van der Waals surface area (Å²) in [6.45, 7) is 2.74. The van der Waals surface area contributed by atoms with E-state index < -0.39 is 0 Å². The van der Waals surface area contributed by atoms with Crippen LogP contribution in [0.2, 0.25) is 0 Å². The topological polar surface area (TPSA) is 75.2 Å². The van der Waals surface area contributed by atoms with Gasteiger partial charge in [0.2, 0.25) is 5.91 Å². The van der Waals surface area contributed by atoms with E-state index in [2.05, 4.69) is 15.3 Å². The average molecular weight is 447 g/mol. The highest BCUT2D eigenvalue weighted by molar-refractivity contribution is 5.95. The predicted molar refractivity (Wildman–Crippen MR) is 123 cm³/mol. The lowest BCUT2D eigenvalue weighted by molar-refractivity contribution is -0.134. The van der Waals surface area contributed by atoms with Gasteiger partial charge in [0.15, 0.2) is 0 Å². The second kappa shape index (κ2) is 10.3. The van der Waals surface area contributed by atoms with Crippen molar-refractivity contribution in [1.82, 2.24) is 20.2 Å². The maximum atomic E-state index is 13.6. The molecule has 1 fully saturated rings. The standard InChI is InChI=1S/C26H27FN4O2/c1-18-28-17-22(26(33)29-16-19-8-3-2-4-9-19)25(30-18)23-12-5-6-13-31(23)24(32)15-20-10-7-11-21(27)14-20/h2-4,7-11,14,17,23H,5-6,12-13,15-16H2,1H3,(H,29,33). The number of hydrogen-bond donors (Lipinski definition) is 1. The normalized spacial score (nSPS) is 15.8. The lowest BCUT2D eigenvalue weighted by atomic mass is 9.95. The lowest BCUT2D eigenvalue weighted by Crippen LogP contribution is -2.41. The van der Waals surface area contributed by atoms with Crippen LogP contribution in [0.3, 0.4) is 0 Å². The van der Waals surface area contributed by atoms with Gasteiger partial charge in [0.1, 0.15) is 11.6 Å². The van der Waals surface area contributed by atoms with Crippen molar-refractivity contribution in [1.29, 1.82) is 0 Å². The number of halogens is 1. The smallest absolute Gasteiger partial charge is 0.255 e. The Labute approximate surface area is 192 Å². The lowest BCUT2D eigenvalue weighted by Gasteiger charge is -2.36. The molecular formula is C26H27FN4O2. The molecular weight excluding hydrogens is 419 g/mol. The third-order valence-corrected chi connectivity index (χ3v) is 5.86. The number of aromatic nitrogens is 2. The van der Waals surface area contributed by atoms with Gasteiger partial charge in [0.05, 0.1) is 23.7 Å². The molecule has 0 saturated carbocycles. The van der Waals surface area contributed by atoms with E-state index in [4.69, 9.17) is 0 Å². The van der Waals surface area contributed by atoms with Crippen LogP contribution >= 0.6 is 0 Å². The van der Waals surface area contributed by atoms with Crippen molar-refractivity contribution in [2.75, 3.05) is 6.54 Å². The van der Waals surface area contributed by atoms with Gasteiger partial charge in [-0.1, -0.05) is 42.5 Å². The van der Waals surface area contributed by atoms with Crippen LogP contribution in [0.4, 0.5) is 4.39 Å². The van der Waals surface area contributed by atoms with Crippen LogP contribution in [0.25, 0.3) is 0 Å². The molecule has 6 nitrogen and oxygen atoms in total. The van der Waals surface area contributed by atoms with Gasteiger partial charge in [0, 0.05) is 19.3 Å². The molecule has 1 N–H and O–H groups in total. The number of likely N-dealkylation sites (tertiary alicyclic amines) is 1. The molecule has 1 atom stereocenters. The highest BCUT2D eigenvalue weighted by Gasteiger charge is 2.32. The summed E-state index contributed by atoms with van der Waals surface area (Å²) in [5, 5.41) is 2.94. The molecule has 170 valence electrons. The first-order chi connectivity index (χ1) is 16.0. The first-order valence-corrected chi connectivity index (χ1v) is 11.2. The van der Waals surface area contributed by atoms with Gasteiger partial charge in [-0.15, -0.1) is 0 Å². The van der Waals surface area contributed by atoms with Crippen molar-refractivity contribution in [3.05, 3.63) is 94.8 Å². The van der Waals surface area contributed by atoms with Gasteiger partial charge >= 0.3 is 0 Å². The molecule has 0 aliphatic carbocycles. The average Bonchev–Trinajstić information content (AvgIpc) is 2.83. The molecule has 7 heteroatoms. The maximum absolute atomic E-state index is 13.6. The number of nitrogens with one attached hydrogen (secondary N) is 1. The highest BCUT2D eigenvalue weighted by atomic mass is 19.1. The fraction of sp³-hybridized carbons (Fsp3) is 0.308. The van der Waals surface area contributed by atoms with Gasteiger partial charge in [-0.25, -0.2) is 14.4 Å². The van der Waals surface area contributed by atoms with Crippen molar-refractivity contribution in [3.63, 3.8) is 0 Å². The molecule has 0 spiro atoms. The van der Waals surface area contributed by atoms with Crippen LogP contribution in [-0.4, -0.2) is 33.2 Å². The molecule has 1 aliphatic heterocycles. The Morgan fingerprint density at radius 2 is 1.88 bits per heavy atom. The largest absolute Gasteiger partial charge is 0.348 e. The van der Waals surface area contributed by atoms with Crippen LogP contribution in [-0.2, 0) is 17.8 Å². The minimum Gasteiger partial charge on any atom is -0.348 e. The van der Waals surface area contributed by atoms with Crippen LogP contribution in [0, 0.1) is 12.7 Å². The first kappa shape index (κ1) is 22.6. The summed E-state index contributed by atoms with van der Waals surface area (Å²) in [7, 11) is 0. The van der Waals surface area contributed by atoms with Gasteiger partial charge in [-0.05, 0) is 49.4 Å². The van der Waals surface area contributed by atoms with Gasteiger partial charge in [-0.3, -0.25) is 9.59 Å². The molecule has 3 aromatic rings. The van der Waals surface area contributed by atoms with Crippen LogP contribution in [0.5, 0.6) is 0 Å². The van der Waals surface area contributed by atoms with E-state index >= 15 is 0 Å². The Kier molecular flexibility index (Phi) is 7.07. The van der Waals surface area contributed by atoms with Crippen molar-refractivity contribution < 1.29 is 14.0 Å². The fourth-order valence-electron chi connectivity index (χ4n) is 4.23. The van der Waals surface area contributed by atoms with Crippen molar-refractivity contribution in [2.45, 2.75) is 45.2 Å². The molecule has 33 heavy (non-hydrogen) atoms. The monoisotopic (exact) mass is 446 g/mol. The van der Waals surface area contributed by atoms with Crippen molar-refractivity contribution >= 4 is 11.8 Å². The molecule has 0 bridgehead atoms. The number of rotatable bonds is 6. The van der Waals surface area contributed by atoms with E-state index in [0.29, 0.717) is 42.2 Å². The van der Waals surface area contributed by atoms with Crippen LogP contribution in [0.1, 0.15) is 58.3 Å². The molecule has 2 amide bonds. The van der Waals surface area contributed by atoms with Crippen LogP contribution in [0.15, 0.2) is 60.8 Å². The molecule has 2 aromatic carbocycles. The zero-order valence-corrected chi connectivity index (χ0v) is 18.6. The van der Waals surface area contributed by atoms with E-state index in [1.54, 1.807) is 30.2 Å². The second-order valence-electron chi connectivity index (χ2n) is 8.29. The predicted octanol–water partition coefficient (Wildman–Crippen LogP) is 4.15. The summed E-state index contributed by atoms with van der Waals surface area (Å²) < 4.78 is 13.6. The first-order valence-electron chi connectivity index (χ1n) is 11.2. The Bertz CT molecular complexity index is 1140. The zero-order chi connectivity index (χ0) is 23.2. The third kappa shape index (κ3) is 5.61. The summed E-state index contributed by atoms with van der Waals surface area (Å²) in [5.74, 6) is -0.179. The summed E-state index contributed by atoms with van der Waals surface area (Å²) in [6.07, 6.45) is 4.17. The number of piperidine rings is 1. The van der Waals surface area contributed by atoms with Gasteiger partial charge in [-0.2, -0.15) is 0 Å². The molecule has 1 aromatic heterocycles.